The molecule has 0 atom stereocenters. The summed E-state index contributed by atoms with van der Waals surface area (Å²) in [7, 11) is 0. The van der Waals surface area contributed by atoms with Crippen molar-refractivity contribution >= 4 is 5.95 Å². The molecular formula is C15H26N4. The van der Waals surface area contributed by atoms with Gasteiger partial charge in [-0.25, -0.2) is 9.97 Å². The second-order valence-electron chi connectivity index (χ2n) is 5.74. The third kappa shape index (κ3) is 4.46. The Hall–Kier alpha value is -1.16. The summed E-state index contributed by atoms with van der Waals surface area (Å²) in [6.45, 7) is 11.1. The molecule has 0 aromatic carbocycles. The van der Waals surface area contributed by atoms with Crippen LogP contribution in [0.25, 0.3) is 0 Å². The summed E-state index contributed by atoms with van der Waals surface area (Å²) in [5.74, 6) is 1.23. The van der Waals surface area contributed by atoms with Gasteiger partial charge < -0.3 is 10.2 Å². The van der Waals surface area contributed by atoms with Gasteiger partial charge in [0.15, 0.2) is 0 Å². The Morgan fingerprint density at radius 3 is 2.68 bits per heavy atom. The average molecular weight is 262 g/mol. The predicted molar refractivity (Wildman–Crippen MR) is 79.6 cm³/mol. The predicted octanol–water partition coefficient (Wildman–Crippen LogP) is 2.81. The molecule has 0 spiro atoms. The number of aromatic nitrogens is 2. The summed E-state index contributed by atoms with van der Waals surface area (Å²) in [6, 6.07) is 2.07. The van der Waals surface area contributed by atoms with Crippen LogP contribution in [0, 0.1) is 6.92 Å². The lowest BCUT2D eigenvalue weighted by molar-refractivity contribution is 0.337. The number of hydrogen-bond donors (Lipinski definition) is 1. The zero-order valence-electron chi connectivity index (χ0n) is 12.4. The van der Waals surface area contributed by atoms with Crippen LogP contribution in [0.1, 0.15) is 50.4 Å². The number of likely N-dealkylation sites (tertiary alicyclic amines) is 1. The number of anilines is 1. The maximum Gasteiger partial charge on any atom is 0.223 e. The van der Waals surface area contributed by atoms with E-state index in [2.05, 4.69) is 40.1 Å². The zero-order valence-corrected chi connectivity index (χ0v) is 12.4. The smallest absolute Gasteiger partial charge is 0.223 e. The molecule has 0 bridgehead atoms. The highest BCUT2D eigenvalue weighted by Crippen LogP contribution is 2.14. The number of nitrogens with zero attached hydrogens (tertiary/aromatic N) is 3. The summed E-state index contributed by atoms with van der Waals surface area (Å²) in [4.78, 5) is 11.6. The average Bonchev–Trinajstić information content (AvgIpc) is 2.87. The van der Waals surface area contributed by atoms with Crippen LogP contribution in [-0.4, -0.2) is 41.0 Å². The van der Waals surface area contributed by atoms with Crippen molar-refractivity contribution < 1.29 is 0 Å². The zero-order chi connectivity index (χ0) is 13.7. The van der Waals surface area contributed by atoms with Crippen molar-refractivity contribution in [3.8, 4) is 0 Å². The SMILES string of the molecule is Cc1cc(C(C)C)nc(NCCCN2CCCC2)n1. The maximum atomic E-state index is 4.57. The standard InChI is InChI=1S/C15H26N4/c1-12(2)14-11-13(3)17-15(18-14)16-7-6-10-19-8-4-5-9-19/h11-12H,4-10H2,1-3H3,(H,16,17,18). The fourth-order valence-electron chi connectivity index (χ4n) is 2.48. The molecule has 1 N–H and O–H groups in total. The third-order valence-corrected chi connectivity index (χ3v) is 3.60. The first-order valence-corrected chi connectivity index (χ1v) is 7.47. The molecule has 1 aromatic rings. The van der Waals surface area contributed by atoms with Crippen LogP contribution < -0.4 is 5.32 Å². The van der Waals surface area contributed by atoms with E-state index in [1.165, 1.54) is 32.5 Å². The molecule has 1 fully saturated rings. The van der Waals surface area contributed by atoms with Gasteiger partial charge in [0, 0.05) is 17.9 Å². The minimum atomic E-state index is 0.451. The molecular weight excluding hydrogens is 236 g/mol. The Balaban J connectivity index is 1.78. The van der Waals surface area contributed by atoms with Gasteiger partial charge in [-0.15, -0.1) is 0 Å². The molecule has 0 unspecified atom stereocenters. The first-order chi connectivity index (χ1) is 9.15. The van der Waals surface area contributed by atoms with Gasteiger partial charge in [0.25, 0.3) is 0 Å². The van der Waals surface area contributed by atoms with E-state index in [4.69, 9.17) is 0 Å². The van der Waals surface area contributed by atoms with Crippen LogP contribution in [0.15, 0.2) is 6.07 Å². The highest BCUT2D eigenvalue weighted by molar-refractivity contribution is 5.28. The molecule has 19 heavy (non-hydrogen) atoms. The largest absolute Gasteiger partial charge is 0.354 e. The van der Waals surface area contributed by atoms with Crippen LogP contribution in [-0.2, 0) is 0 Å². The fourth-order valence-corrected chi connectivity index (χ4v) is 2.48. The van der Waals surface area contributed by atoms with E-state index in [1.807, 2.05) is 6.92 Å². The summed E-state index contributed by atoms with van der Waals surface area (Å²) in [5.41, 5.74) is 2.16. The van der Waals surface area contributed by atoms with Gasteiger partial charge in [-0.2, -0.15) is 0 Å². The van der Waals surface area contributed by atoms with Crippen LogP contribution >= 0.6 is 0 Å². The van der Waals surface area contributed by atoms with E-state index in [0.717, 1.165) is 30.3 Å². The van der Waals surface area contributed by atoms with Gasteiger partial charge in [-0.05, 0) is 57.8 Å². The number of nitrogens with one attached hydrogen (secondary N) is 1. The summed E-state index contributed by atoms with van der Waals surface area (Å²) < 4.78 is 0. The normalized spacial score (nSPS) is 16.2. The summed E-state index contributed by atoms with van der Waals surface area (Å²) in [5, 5.41) is 3.36. The van der Waals surface area contributed by atoms with Crippen LogP contribution in [0.4, 0.5) is 5.95 Å². The quantitative estimate of drug-likeness (QED) is 0.800. The molecule has 106 valence electrons. The van der Waals surface area contributed by atoms with Crippen molar-refractivity contribution in [2.24, 2.45) is 0 Å². The highest BCUT2D eigenvalue weighted by Gasteiger charge is 2.10. The second-order valence-corrected chi connectivity index (χ2v) is 5.74. The molecule has 1 aliphatic rings. The van der Waals surface area contributed by atoms with E-state index in [0.29, 0.717) is 5.92 Å². The number of hydrogen-bond acceptors (Lipinski definition) is 4. The molecule has 1 aliphatic heterocycles. The van der Waals surface area contributed by atoms with E-state index in [1.54, 1.807) is 0 Å². The van der Waals surface area contributed by atoms with Gasteiger partial charge in [-0.3, -0.25) is 0 Å². The van der Waals surface area contributed by atoms with Crippen LogP contribution in [0.5, 0.6) is 0 Å². The Morgan fingerprint density at radius 1 is 1.26 bits per heavy atom. The van der Waals surface area contributed by atoms with Gasteiger partial charge in [0.05, 0.1) is 0 Å². The Bertz CT molecular complexity index is 397. The van der Waals surface area contributed by atoms with Gasteiger partial charge in [0.1, 0.15) is 0 Å². The molecule has 4 nitrogen and oxygen atoms in total. The molecule has 1 aromatic heterocycles. The van der Waals surface area contributed by atoms with E-state index in [9.17, 15) is 0 Å². The van der Waals surface area contributed by atoms with Crippen LogP contribution in [0.2, 0.25) is 0 Å². The molecule has 0 radical (unpaired) electrons. The first kappa shape index (κ1) is 14.3. The van der Waals surface area contributed by atoms with Crippen molar-refractivity contribution in [3.05, 3.63) is 17.5 Å². The van der Waals surface area contributed by atoms with E-state index >= 15 is 0 Å². The Morgan fingerprint density at radius 2 is 2.00 bits per heavy atom. The lowest BCUT2D eigenvalue weighted by Gasteiger charge is -2.14. The monoisotopic (exact) mass is 262 g/mol. The van der Waals surface area contributed by atoms with E-state index in [-0.39, 0.29) is 0 Å². The van der Waals surface area contributed by atoms with Crippen molar-refractivity contribution in [3.63, 3.8) is 0 Å². The summed E-state index contributed by atoms with van der Waals surface area (Å²) in [6.07, 6.45) is 3.90. The lowest BCUT2D eigenvalue weighted by Crippen LogP contribution is -2.22. The van der Waals surface area contributed by atoms with Gasteiger partial charge >= 0.3 is 0 Å². The number of rotatable bonds is 6. The molecule has 2 heterocycles. The fraction of sp³-hybridized carbons (Fsp3) is 0.733. The lowest BCUT2D eigenvalue weighted by atomic mass is 10.1. The van der Waals surface area contributed by atoms with Crippen molar-refractivity contribution in [1.82, 2.24) is 14.9 Å². The molecule has 0 saturated carbocycles. The maximum absolute atomic E-state index is 4.57. The first-order valence-electron chi connectivity index (χ1n) is 7.47. The van der Waals surface area contributed by atoms with E-state index < -0.39 is 0 Å². The second kappa shape index (κ2) is 6.85. The Labute approximate surface area is 116 Å². The highest BCUT2D eigenvalue weighted by atomic mass is 15.1. The van der Waals surface area contributed by atoms with Gasteiger partial charge in [0.2, 0.25) is 5.95 Å². The van der Waals surface area contributed by atoms with Gasteiger partial charge in [-0.1, -0.05) is 13.8 Å². The minimum Gasteiger partial charge on any atom is -0.354 e. The van der Waals surface area contributed by atoms with Crippen molar-refractivity contribution in [1.29, 1.82) is 0 Å². The van der Waals surface area contributed by atoms with Crippen molar-refractivity contribution in [2.45, 2.75) is 46.0 Å². The topological polar surface area (TPSA) is 41.1 Å². The summed E-state index contributed by atoms with van der Waals surface area (Å²) >= 11 is 0. The Kier molecular flexibility index (Phi) is 5.14. The third-order valence-electron chi connectivity index (χ3n) is 3.60. The minimum absolute atomic E-state index is 0.451. The molecule has 4 heteroatoms. The molecule has 2 rings (SSSR count). The molecule has 0 amide bonds. The molecule has 1 saturated heterocycles. The van der Waals surface area contributed by atoms with Crippen LogP contribution in [0.3, 0.4) is 0 Å². The van der Waals surface area contributed by atoms with Crippen molar-refractivity contribution in [2.75, 3.05) is 31.5 Å². The molecule has 0 aliphatic carbocycles. The number of aryl methyl sites for hydroxylation is 1.